The molecule has 3 heteroatoms. The minimum Gasteiger partial charge on any atom is -0.506 e. The summed E-state index contributed by atoms with van der Waals surface area (Å²) in [5, 5.41) is 18.7. The Morgan fingerprint density at radius 1 is 1.47 bits per heavy atom. The van der Waals surface area contributed by atoms with Crippen molar-refractivity contribution in [1.82, 2.24) is 0 Å². The van der Waals surface area contributed by atoms with Gasteiger partial charge in [-0.25, -0.2) is 0 Å². The van der Waals surface area contributed by atoms with Gasteiger partial charge in [0.25, 0.3) is 0 Å². The fraction of sp³-hybridized carbons (Fsp3) is 0.333. The second-order valence-corrected chi connectivity index (χ2v) is 4.15. The predicted molar refractivity (Wildman–Crippen MR) is 63.0 cm³/mol. The largest absolute Gasteiger partial charge is 0.506 e. The Labute approximate surface area is 94.8 Å². The molecule has 15 heavy (non-hydrogen) atoms. The van der Waals surface area contributed by atoms with E-state index >= 15 is 0 Å². The van der Waals surface area contributed by atoms with Gasteiger partial charge >= 0.3 is 0 Å². The molecule has 0 aliphatic heterocycles. The Bertz CT molecular complexity index is 370. The third-order valence-corrected chi connectivity index (χ3v) is 2.55. The number of aromatic hydroxyl groups is 1. The number of hydrogen-bond acceptors (Lipinski definition) is 2. The molecule has 0 atom stereocenters. The number of phenolic OH excluding ortho intramolecular Hbond substituents is 1. The van der Waals surface area contributed by atoms with Gasteiger partial charge in [0.2, 0.25) is 0 Å². The summed E-state index contributed by atoms with van der Waals surface area (Å²) in [5.74, 6) is 0.367. The Morgan fingerprint density at radius 2 is 2.13 bits per heavy atom. The lowest BCUT2D eigenvalue weighted by Crippen LogP contribution is -1.98. The minimum atomic E-state index is 0.0379. The van der Waals surface area contributed by atoms with Crippen LogP contribution in [0.25, 0.3) is 6.08 Å². The third kappa shape index (κ3) is 3.26. The third-order valence-electron chi connectivity index (χ3n) is 2.25. The Morgan fingerprint density at radius 3 is 2.60 bits per heavy atom. The molecular weight excluding hydrogens is 212 g/mol. The van der Waals surface area contributed by atoms with Gasteiger partial charge in [-0.05, 0) is 29.2 Å². The maximum absolute atomic E-state index is 9.24. The molecule has 0 aliphatic carbocycles. The number of benzene rings is 1. The summed E-state index contributed by atoms with van der Waals surface area (Å²) in [6, 6.07) is 4.98. The second-order valence-electron chi connectivity index (χ2n) is 3.74. The molecule has 1 rings (SSSR count). The van der Waals surface area contributed by atoms with Crippen LogP contribution in [0, 0.1) is 5.92 Å². The smallest absolute Gasteiger partial charge is 0.134 e. The Balaban J connectivity index is 3.01. The molecule has 0 saturated heterocycles. The first-order valence-electron chi connectivity index (χ1n) is 4.84. The first-order chi connectivity index (χ1) is 7.04. The van der Waals surface area contributed by atoms with Crippen molar-refractivity contribution in [3.05, 3.63) is 34.4 Å². The predicted octanol–water partition coefficient (Wildman–Crippen LogP) is 3.08. The van der Waals surface area contributed by atoms with Gasteiger partial charge in [0.05, 0.1) is 11.6 Å². The molecule has 0 radical (unpaired) electrons. The van der Waals surface area contributed by atoms with Crippen molar-refractivity contribution in [2.75, 3.05) is 6.61 Å². The van der Waals surface area contributed by atoms with Crippen LogP contribution in [-0.2, 0) is 0 Å². The molecule has 0 spiro atoms. The number of halogens is 1. The van der Waals surface area contributed by atoms with Crippen LogP contribution in [0.2, 0.25) is 5.02 Å². The average Bonchev–Trinajstić information content (AvgIpc) is 2.19. The van der Waals surface area contributed by atoms with Crippen LogP contribution >= 0.6 is 11.6 Å². The summed E-state index contributed by atoms with van der Waals surface area (Å²) in [6.45, 7) is 4.07. The van der Waals surface area contributed by atoms with Crippen molar-refractivity contribution in [2.24, 2.45) is 5.92 Å². The van der Waals surface area contributed by atoms with Crippen molar-refractivity contribution >= 4 is 17.7 Å². The molecule has 0 unspecified atom stereocenters. The summed E-state index contributed by atoms with van der Waals surface area (Å²) in [4.78, 5) is 0. The second kappa shape index (κ2) is 5.19. The van der Waals surface area contributed by atoms with Crippen molar-refractivity contribution in [3.8, 4) is 5.75 Å². The van der Waals surface area contributed by atoms with E-state index in [1.807, 2.05) is 19.9 Å². The molecule has 0 aliphatic rings. The molecule has 0 bridgehead atoms. The fourth-order valence-corrected chi connectivity index (χ4v) is 1.41. The molecule has 0 aromatic heterocycles. The lowest BCUT2D eigenvalue weighted by molar-refractivity contribution is 0.320. The maximum Gasteiger partial charge on any atom is 0.134 e. The highest BCUT2D eigenvalue weighted by Gasteiger charge is 2.03. The number of hydrogen-bond donors (Lipinski definition) is 2. The van der Waals surface area contributed by atoms with E-state index in [1.54, 1.807) is 18.2 Å². The topological polar surface area (TPSA) is 40.5 Å². The lowest BCUT2D eigenvalue weighted by atomic mass is 10.0. The van der Waals surface area contributed by atoms with Crippen LogP contribution in [-0.4, -0.2) is 16.8 Å². The van der Waals surface area contributed by atoms with E-state index in [-0.39, 0.29) is 12.4 Å². The zero-order valence-electron chi connectivity index (χ0n) is 8.87. The lowest BCUT2D eigenvalue weighted by Gasteiger charge is -2.08. The molecule has 1 aromatic carbocycles. The van der Waals surface area contributed by atoms with Gasteiger partial charge in [-0.2, -0.15) is 0 Å². The van der Waals surface area contributed by atoms with Gasteiger partial charge in [0.15, 0.2) is 0 Å². The van der Waals surface area contributed by atoms with Crippen molar-refractivity contribution < 1.29 is 10.2 Å². The van der Waals surface area contributed by atoms with Gasteiger partial charge in [-0.1, -0.05) is 37.6 Å². The number of rotatable bonds is 3. The normalized spacial score (nSPS) is 12.2. The molecule has 0 fully saturated rings. The minimum absolute atomic E-state index is 0.0379. The van der Waals surface area contributed by atoms with Crippen LogP contribution in [0.1, 0.15) is 19.4 Å². The van der Waals surface area contributed by atoms with E-state index in [2.05, 4.69) is 0 Å². The SMILES string of the molecule is CC(C)C(=Cc1ccc(O)c(Cl)c1)CO. The summed E-state index contributed by atoms with van der Waals surface area (Å²) in [7, 11) is 0. The summed E-state index contributed by atoms with van der Waals surface area (Å²) in [6.07, 6.45) is 1.88. The van der Waals surface area contributed by atoms with Crippen LogP contribution in [0.3, 0.4) is 0 Å². The average molecular weight is 227 g/mol. The zero-order chi connectivity index (χ0) is 11.4. The first kappa shape index (κ1) is 12.1. The molecule has 0 heterocycles. The van der Waals surface area contributed by atoms with Gasteiger partial charge in [-0.3, -0.25) is 0 Å². The Hall–Kier alpha value is -0.990. The van der Waals surface area contributed by atoms with Crippen LogP contribution in [0.4, 0.5) is 0 Å². The summed E-state index contributed by atoms with van der Waals surface area (Å²) < 4.78 is 0. The highest BCUT2D eigenvalue weighted by atomic mass is 35.5. The Kier molecular flexibility index (Phi) is 4.18. The first-order valence-corrected chi connectivity index (χ1v) is 5.22. The van der Waals surface area contributed by atoms with Gasteiger partial charge < -0.3 is 10.2 Å². The zero-order valence-corrected chi connectivity index (χ0v) is 9.62. The van der Waals surface area contributed by atoms with Crippen LogP contribution in [0.5, 0.6) is 5.75 Å². The maximum atomic E-state index is 9.24. The molecule has 2 N–H and O–H groups in total. The van der Waals surface area contributed by atoms with Crippen molar-refractivity contribution in [2.45, 2.75) is 13.8 Å². The highest BCUT2D eigenvalue weighted by Crippen LogP contribution is 2.25. The van der Waals surface area contributed by atoms with E-state index in [0.717, 1.165) is 11.1 Å². The molecule has 2 nitrogen and oxygen atoms in total. The van der Waals surface area contributed by atoms with Gasteiger partial charge in [-0.15, -0.1) is 0 Å². The molecule has 0 amide bonds. The molecule has 1 aromatic rings. The monoisotopic (exact) mass is 226 g/mol. The van der Waals surface area contributed by atoms with Gasteiger partial charge in [0.1, 0.15) is 5.75 Å². The summed E-state index contributed by atoms with van der Waals surface area (Å²) in [5.41, 5.74) is 1.83. The molecule has 0 saturated carbocycles. The fourth-order valence-electron chi connectivity index (χ4n) is 1.22. The van der Waals surface area contributed by atoms with E-state index < -0.39 is 0 Å². The van der Waals surface area contributed by atoms with E-state index in [1.165, 1.54) is 0 Å². The molecular formula is C12H15ClO2. The van der Waals surface area contributed by atoms with Crippen LogP contribution in [0.15, 0.2) is 23.8 Å². The standard InChI is InChI=1S/C12H15ClO2/c1-8(2)10(7-14)5-9-3-4-12(15)11(13)6-9/h3-6,8,14-15H,7H2,1-2H3. The number of aliphatic hydroxyl groups excluding tert-OH is 1. The van der Waals surface area contributed by atoms with Crippen molar-refractivity contribution in [1.29, 1.82) is 0 Å². The summed E-state index contributed by atoms with van der Waals surface area (Å²) >= 11 is 5.78. The van der Waals surface area contributed by atoms with E-state index in [9.17, 15) is 5.11 Å². The van der Waals surface area contributed by atoms with E-state index in [0.29, 0.717) is 10.9 Å². The highest BCUT2D eigenvalue weighted by molar-refractivity contribution is 6.32. The molecule has 82 valence electrons. The van der Waals surface area contributed by atoms with Gasteiger partial charge in [0, 0.05) is 0 Å². The van der Waals surface area contributed by atoms with E-state index in [4.69, 9.17) is 16.7 Å². The number of aliphatic hydroxyl groups is 1. The van der Waals surface area contributed by atoms with Crippen LogP contribution < -0.4 is 0 Å². The number of phenols is 1. The van der Waals surface area contributed by atoms with Crippen molar-refractivity contribution in [3.63, 3.8) is 0 Å². The quantitative estimate of drug-likeness (QED) is 0.832.